The van der Waals surface area contributed by atoms with Crippen molar-refractivity contribution in [2.45, 2.75) is 60.1 Å². The summed E-state index contributed by atoms with van der Waals surface area (Å²) < 4.78 is 6.00. The molecule has 4 heteroatoms. The molecule has 0 radical (unpaired) electrons. The number of hydrogen-bond acceptors (Lipinski definition) is 3. The molecule has 0 spiro atoms. The van der Waals surface area contributed by atoms with E-state index < -0.39 is 6.10 Å². The number of benzene rings is 2. The van der Waals surface area contributed by atoms with Crippen LogP contribution >= 0.6 is 0 Å². The van der Waals surface area contributed by atoms with Crippen LogP contribution in [0.5, 0.6) is 5.75 Å². The van der Waals surface area contributed by atoms with Crippen LogP contribution in [-0.2, 0) is 11.3 Å². The van der Waals surface area contributed by atoms with E-state index in [9.17, 15) is 4.79 Å². The zero-order chi connectivity index (χ0) is 20.7. The fourth-order valence-electron chi connectivity index (χ4n) is 3.21. The van der Waals surface area contributed by atoms with Crippen LogP contribution in [0.25, 0.3) is 0 Å². The molecule has 0 aliphatic carbocycles. The van der Waals surface area contributed by atoms with Crippen LogP contribution in [0, 0.1) is 6.92 Å². The Morgan fingerprint density at radius 1 is 1.04 bits per heavy atom. The summed E-state index contributed by atoms with van der Waals surface area (Å²) in [5.74, 6) is 1.03. The Kier molecular flexibility index (Phi) is 7.91. The molecule has 4 nitrogen and oxygen atoms in total. The van der Waals surface area contributed by atoms with E-state index in [0.29, 0.717) is 12.5 Å². The van der Waals surface area contributed by atoms with Crippen LogP contribution < -0.4 is 15.0 Å². The Morgan fingerprint density at radius 2 is 1.68 bits per heavy atom. The molecule has 0 heterocycles. The fraction of sp³-hybridized carbons (Fsp3) is 0.458. The maximum Gasteiger partial charge on any atom is 0.261 e. The number of anilines is 1. The molecule has 0 aliphatic heterocycles. The molecule has 1 unspecified atom stereocenters. The van der Waals surface area contributed by atoms with Gasteiger partial charge >= 0.3 is 0 Å². The molecule has 0 bridgehead atoms. The number of carbonyl (C=O) groups excluding carboxylic acids is 1. The number of nitrogens with zero attached hydrogens (tertiary/aromatic N) is 1. The molecule has 28 heavy (non-hydrogen) atoms. The number of hydrogen-bond donors (Lipinski definition) is 1. The topological polar surface area (TPSA) is 41.6 Å². The standard InChI is InChI=1S/C24H34N2O2/c1-7-26(8-2)21-12-10-20(11-13-21)16-25-24(27)19(6)28-23-15-18(5)9-14-22(23)17(3)4/h9-15,17,19H,7-8,16H2,1-6H3,(H,25,27). The zero-order valence-corrected chi connectivity index (χ0v) is 18.1. The molecule has 0 fully saturated rings. The van der Waals surface area contributed by atoms with Crippen LogP contribution in [0.3, 0.4) is 0 Å². The smallest absolute Gasteiger partial charge is 0.261 e. The van der Waals surface area contributed by atoms with E-state index in [4.69, 9.17) is 4.74 Å². The SMILES string of the molecule is CCN(CC)c1ccc(CNC(=O)C(C)Oc2cc(C)ccc2C(C)C)cc1. The average Bonchev–Trinajstić information content (AvgIpc) is 2.67. The number of rotatable bonds is 9. The van der Waals surface area contributed by atoms with Gasteiger partial charge in [-0.25, -0.2) is 0 Å². The van der Waals surface area contributed by atoms with Crippen LogP contribution in [0.4, 0.5) is 5.69 Å². The van der Waals surface area contributed by atoms with E-state index in [1.165, 1.54) is 5.69 Å². The number of ether oxygens (including phenoxy) is 1. The average molecular weight is 383 g/mol. The second kappa shape index (κ2) is 10.2. The molecule has 0 saturated heterocycles. The van der Waals surface area contributed by atoms with Crippen LogP contribution in [0.1, 0.15) is 57.2 Å². The second-order valence-electron chi connectivity index (χ2n) is 7.51. The molecule has 1 atom stereocenters. The molecule has 0 aromatic heterocycles. The van der Waals surface area contributed by atoms with E-state index in [1.54, 1.807) is 6.92 Å². The van der Waals surface area contributed by atoms with E-state index in [1.807, 2.05) is 13.0 Å². The van der Waals surface area contributed by atoms with Crippen molar-refractivity contribution < 1.29 is 9.53 Å². The minimum Gasteiger partial charge on any atom is -0.481 e. The lowest BCUT2D eigenvalue weighted by atomic mass is 10.0. The Hall–Kier alpha value is -2.49. The van der Waals surface area contributed by atoms with Crippen LogP contribution in [-0.4, -0.2) is 25.1 Å². The summed E-state index contributed by atoms with van der Waals surface area (Å²) in [4.78, 5) is 14.8. The van der Waals surface area contributed by atoms with Gasteiger partial charge in [-0.2, -0.15) is 0 Å². The van der Waals surface area contributed by atoms with Gasteiger partial charge in [0, 0.05) is 25.3 Å². The van der Waals surface area contributed by atoms with Gasteiger partial charge in [0.05, 0.1) is 0 Å². The van der Waals surface area contributed by atoms with Gasteiger partial charge in [0.15, 0.2) is 6.10 Å². The summed E-state index contributed by atoms with van der Waals surface area (Å²) in [6.45, 7) is 14.9. The van der Waals surface area contributed by atoms with Gasteiger partial charge in [0.1, 0.15) is 5.75 Å². The summed E-state index contributed by atoms with van der Waals surface area (Å²) in [6.07, 6.45) is -0.547. The Labute approximate surface area is 169 Å². The van der Waals surface area contributed by atoms with Crippen molar-refractivity contribution >= 4 is 11.6 Å². The fourth-order valence-corrected chi connectivity index (χ4v) is 3.21. The first-order valence-electron chi connectivity index (χ1n) is 10.2. The Balaban J connectivity index is 1.95. The third-order valence-electron chi connectivity index (χ3n) is 5.00. The minimum atomic E-state index is -0.547. The van der Waals surface area contributed by atoms with Crippen LogP contribution in [0.2, 0.25) is 0 Å². The Morgan fingerprint density at radius 3 is 2.25 bits per heavy atom. The predicted molar refractivity (Wildman–Crippen MR) is 117 cm³/mol. The van der Waals surface area contributed by atoms with Gasteiger partial charge in [0.2, 0.25) is 0 Å². The molecule has 1 N–H and O–H groups in total. The minimum absolute atomic E-state index is 0.107. The van der Waals surface area contributed by atoms with Gasteiger partial charge < -0.3 is 15.0 Å². The summed E-state index contributed by atoms with van der Waals surface area (Å²) >= 11 is 0. The van der Waals surface area contributed by atoms with Gasteiger partial charge in [-0.05, 0) is 68.5 Å². The highest BCUT2D eigenvalue weighted by Gasteiger charge is 2.17. The molecule has 2 rings (SSSR count). The summed E-state index contributed by atoms with van der Waals surface area (Å²) in [5.41, 5.74) is 4.53. The van der Waals surface area contributed by atoms with Crippen molar-refractivity contribution in [1.82, 2.24) is 5.32 Å². The summed E-state index contributed by atoms with van der Waals surface area (Å²) in [5, 5.41) is 2.98. The molecule has 0 saturated carbocycles. The molecule has 2 aromatic carbocycles. The van der Waals surface area contributed by atoms with Gasteiger partial charge in [-0.3, -0.25) is 4.79 Å². The highest BCUT2D eigenvalue weighted by Crippen LogP contribution is 2.28. The first-order chi connectivity index (χ1) is 13.3. The van der Waals surface area contributed by atoms with Crippen molar-refractivity contribution in [2.75, 3.05) is 18.0 Å². The normalized spacial score (nSPS) is 12.0. The molecule has 2 aromatic rings. The molecule has 1 amide bonds. The lowest BCUT2D eigenvalue weighted by Crippen LogP contribution is -2.36. The monoisotopic (exact) mass is 382 g/mol. The molecular formula is C24H34N2O2. The summed E-state index contributed by atoms with van der Waals surface area (Å²) in [7, 11) is 0. The van der Waals surface area contributed by atoms with E-state index >= 15 is 0 Å². The lowest BCUT2D eigenvalue weighted by Gasteiger charge is -2.21. The van der Waals surface area contributed by atoms with Crippen molar-refractivity contribution in [3.8, 4) is 5.75 Å². The van der Waals surface area contributed by atoms with Crippen molar-refractivity contribution in [2.24, 2.45) is 0 Å². The van der Waals surface area contributed by atoms with Crippen molar-refractivity contribution in [1.29, 1.82) is 0 Å². The van der Waals surface area contributed by atoms with E-state index in [0.717, 1.165) is 35.5 Å². The lowest BCUT2D eigenvalue weighted by molar-refractivity contribution is -0.127. The second-order valence-corrected chi connectivity index (χ2v) is 7.51. The van der Waals surface area contributed by atoms with Gasteiger partial charge in [0.25, 0.3) is 5.91 Å². The van der Waals surface area contributed by atoms with E-state index in [2.05, 4.69) is 74.3 Å². The van der Waals surface area contributed by atoms with Crippen molar-refractivity contribution in [3.63, 3.8) is 0 Å². The third-order valence-corrected chi connectivity index (χ3v) is 5.00. The predicted octanol–water partition coefficient (Wildman–Crippen LogP) is 5.05. The van der Waals surface area contributed by atoms with Gasteiger partial charge in [-0.15, -0.1) is 0 Å². The maximum absolute atomic E-state index is 12.5. The highest BCUT2D eigenvalue weighted by atomic mass is 16.5. The zero-order valence-electron chi connectivity index (χ0n) is 18.1. The Bertz CT molecular complexity index is 765. The number of aryl methyl sites for hydroxylation is 1. The molecule has 152 valence electrons. The molecular weight excluding hydrogens is 348 g/mol. The molecule has 0 aliphatic rings. The van der Waals surface area contributed by atoms with Crippen molar-refractivity contribution in [3.05, 3.63) is 59.2 Å². The number of nitrogens with one attached hydrogen (secondary N) is 1. The maximum atomic E-state index is 12.5. The highest BCUT2D eigenvalue weighted by molar-refractivity contribution is 5.80. The largest absolute Gasteiger partial charge is 0.481 e. The van der Waals surface area contributed by atoms with Gasteiger partial charge in [-0.1, -0.05) is 38.1 Å². The number of amides is 1. The number of carbonyl (C=O) groups is 1. The summed E-state index contributed by atoms with van der Waals surface area (Å²) in [6, 6.07) is 14.5. The first-order valence-corrected chi connectivity index (χ1v) is 10.2. The van der Waals surface area contributed by atoms with E-state index in [-0.39, 0.29) is 5.91 Å². The van der Waals surface area contributed by atoms with Crippen LogP contribution in [0.15, 0.2) is 42.5 Å². The third kappa shape index (κ3) is 5.75. The first kappa shape index (κ1) is 21.8. The quantitative estimate of drug-likeness (QED) is 0.660.